The quantitative estimate of drug-likeness (QED) is 0.344. The molecule has 37 heavy (non-hydrogen) atoms. The first kappa shape index (κ1) is 22.5. The Labute approximate surface area is 208 Å². The molecule has 2 aromatic carbocycles. The first-order chi connectivity index (χ1) is 17.7. The topological polar surface area (TPSA) is 131 Å². The molecule has 11 heteroatoms. The van der Waals surface area contributed by atoms with Crippen LogP contribution in [-0.4, -0.2) is 35.4 Å². The number of nitrogens with two attached hydrogens (primary N) is 1. The maximum Gasteiger partial charge on any atom is 0.240 e. The van der Waals surface area contributed by atoms with Crippen molar-refractivity contribution in [3.63, 3.8) is 0 Å². The fourth-order valence-corrected chi connectivity index (χ4v) is 4.68. The lowest BCUT2D eigenvalue weighted by Gasteiger charge is -2.23. The van der Waals surface area contributed by atoms with E-state index in [1.807, 2.05) is 0 Å². The molecule has 9 nitrogen and oxygen atoms in total. The minimum Gasteiger partial charge on any atom is -0.505 e. The highest BCUT2D eigenvalue weighted by atomic mass is 19.1. The number of hydrogen-bond donors (Lipinski definition) is 3. The van der Waals surface area contributed by atoms with Crippen molar-refractivity contribution in [3.05, 3.63) is 95.1 Å². The van der Waals surface area contributed by atoms with Crippen LogP contribution in [-0.2, 0) is 16.6 Å². The highest BCUT2D eigenvalue weighted by molar-refractivity contribution is 6.09. The van der Waals surface area contributed by atoms with Gasteiger partial charge < -0.3 is 20.6 Å². The van der Waals surface area contributed by atoms with Gasteiger partial charge in [-0.25, -0.2) is 28.7 Å². The van der Waals surface area contributed by atoms with Gasteiger partial charge in [0.2, 0.25) is 5.91 Å². The average molecular weight is 499 g/mol. The maximum atomic E-state index is 14.1. The Kier molecular flexibility index (Phi) is 4.90. The molecule has 1 aliphatic rings. The number of aromatic nitrogens is 5. The van der Waals surface area contributed by atoms with Crippen LogP contribution in [0.2, 0.25) is 0 Å². The standard InChI is InChI=1S/C26H19F2N7O2/c1-26(14-5-6-19(36)16(28)11-14)20-21(29)32-22(33-23(20)34-25(26)37)18-12-35-8-7-30-24(35)17(31-18)10-13-3-2-4-15(27)9-13/h2-9,11-12,36H,10H2,1H3,(H3,29,32,33,34,37). The lowest BCUT2D eigenvalue weighted by Crippen LogP contribution is -2.33. The van der Waals surface area contributed by atoms with E-state index in [1.165, 1.54) is 24.3 Å². The lowest BCUT2D eigenvalue weighted by molar-refractivity contribution is -0.119. The third kappa shape index (κ3) is 3.54. The van der Waals surface area contributed by atoms with E-state index in [1.54, 1.807) is 42.0 Å². The maximum absolute atomic E-state index is 14.1. The van der Waals surface area contributed by atoms with E-state index in [-0.39, 0.29) is 28.8 Å². The Balaban J connectivity index is 1.46. The summed E-state index contributed by atoms with van der Waals surface area (Å²) in [6, 6.07) is 9.94. The highest BCUT2D eigenvalue weighted by Crippen LogP contribution is 2.45. The second-order valence-corrected chi connectivity index (χ2v) is 8.94. The van der Waals surface area contributed by atoms with E-state index in [0.717, 1.165) is 6.07 Å². The molecule has 1 aliphatic heterocycles. The van der Waals surface area contributed by atoms with E-state index < -0.39 is 22.9 Å². The number of rotatable bonds is 4. The number of anilines is 2. The second-order valence-electron chi connectivity index (χ2n) is 8.94. The molecule has 1 atom stereocenters. The number of imidazole rings is 1. The van der Waals surface area contributed by atoms with Crippen LogP contribution in [0.25, 0.3) is 17.2 Å². The molecule has 6 rings (SSSR count). The molecule has 0 fully saturated rings. The molecule has 184 valence electrons. The SMILES string of the molecule is CC1(c2ccc(O)c(F)c2)C(=O)Nc2nc(-c3cn4ccnc4c(Cc4cccc(F)c4)n3)nc(N)c21. The lowest BCUT2D eigenvalue weighted by atomic mass is 9.77. The van der Waals surface area contributed by atoms with Crippen molar-refractivity contribution in [3.8, 4) is 17.3 Å². The van der Waals surface area contributed by atoms with Gasteiger partial charge in [-0.3, -0.25) is 4.79 Å². The Hall–Kier alpha value is -4.93. The number of phenols is 1. The summed E-state index contributed by atoms with van der Waals surface area (Å²) in [6.07, 6.45) is 5.36. The summed E-state index contributed by atoms with van der Waals surface area (Å²) in [7, 11) is 0. The van der Waals surface area contributed by atoms with Crippen molar-refractivity contribution in [2.24, 2.45) is 0 Å². The zero-order chi connectivity index (χ0) is 25.9. The summed E-state index contributed by atoms with van der Waals surface area (Å²) in [4.78, 5) is 31.1. The van der Waals surface area contributed by atoms with Gasteiger partial charge in [-0.1, -0.05) is 18.2 Å². The van der Waals surface area contributed by atoms with E-state index >= 15 is 0 Å². The van der Waals surface area contributed by atoms with Gasteiger partial charge in [-0.05, 0) is 42.3 Å². The molecular weight excluding hydrogens is 480 g/mol. The first-order valence-corrected chi connectivity index (χ1v) is 11.3. The van der Waals surface area contributed by atoms with Gasteiger partial charge in [0.25, 0.3) is 0 Å². The van der Waals surface area contributed by atoms with Crippen molar-refractivity contribution in [1.29, 1.82) is 0 Å². The van der Waals surface area contributed by atoms with Crippen molar-refractivity contribution < 1.29 is 18.7 Å². The molecule has 0 bridgehead atoms. The third-order valence-electron chi connectivity index (χ3n) is 6.58. The largest absolute Gasteiger partial charge is 0.505 e. The normalized spacial score (nSPS) is 16.7. The minimum absolute atomic E-state index is 0.0218. The van der Waals surface area contributed by atoms with Crippen molar-refractivity contribution >= 4 is 23.2 Å². The second kappa shape index (κ2) is 8.05. The van der Waals surface area contributed by atoms with Crippen LogP contribution in [0.15, 0.2) is 61.1 Å². The number of aromatic hydroxyl groups is 1. The Morgan fingerprint density at radius 2 is 1.97 bits per heavy atom. The number of halogens is 2. The molecule has 0 saturated heterocycles. The first-order valence-electron chi connectivity index (χ1n) is 11.3. The zero-order valence-electron chi connectivity index (χ0n) is 19.4. The number of hydrogen-bond acceptors (Lipinski definition) is 7. The molecule has 4 heterocycles. The van der Waals surface area contributed by atoms with Crippen LogP contribution in [0.3, 0.4) is 0 Å². The molecule has 4 N–H and O–H groups in total. The minimum atomic E-state index is -1.38. The van der Waals surface area contributed by atoms with Crippen LogP contribution < -0.4 is 11.1 Å². The number of amides is 1. The van der Waals surface area contributed by atoms with E-state index in [4.69, 9.17) is 10.7 Å². The predicted octanol–water partition coefficient (Wildman–Crippen LogP) is 3.60. The summed E-state index contributed by atoms with van der Waals surface area (Å²) >= 11 is 0. The van der Waals surface area contributed by atoms with E-state index in [0.29, 0.717) is 34.6 Å². The summed E-state index contributed by atoms with van der Waals surface area (Å²) in [6.45, 7) is 1.59. The van der Waals surface area contributed by atoms with Gasteiger partial charge in [-0.15, -0.1) is 0 Å². The number of nitrogens with one attached hydrogen (secondary N) is 1. The number of nitrogen functional groups attached to an aromatic ring is 1. The van der Waals surface area contributed by atoms with Gasteiger partial charge in [0.05, 0.1) is 11.3 Å². The molecule has 1 amide bonds. The molecule has 0 radical (unpaired) electrons. The molecule has 3 aromatic heterocycles. The number of carbonyl (C=O) groups is 1. The summed E-state index contributed by atoms with van der Waals surface area (Å²) < 4.78 is 29.6. The van der Waals surface area contributed by atoms with E-state index in [9.17, 15) is 18.7 Å². The van der Waals surface area contributed by atoms with Crippen molar-refractivity contribution in [1.82, 2.24) is 24.3 Å². The highest BCUT2D eigenvalue weighted by Gasteiger charge is 2.48. The number of benzene rings is 2. The summed E-state index contributed by atoms with van der Waals surface area (Å²) in [5.41, 5.74) is 7.81. The Morgan fingerprint density at radius 1 is 1.14 bits per heavy atom. The zero-order valence-corrected chi connectivity index (χ0v) is 19.4. The van der Waals surface area contributed by atoms with Gasteiger partial charge in [0.1, 0.15) is 28.6 Å². The Bertz CT molecular complexity index is 1740. The number of carbonyl (C=O) groups excluding carboxylic acids is 1. The molecule has 1 unspecified atom stereocenters. The molecule has 5 aromatic rings. The fourth-order valence-electron chi connectivity index (χ4n) is 4.68. The third-order valence-corrected chi connectivity index (χ3v) is 6.58. The average Bonchev–Trinajstić information content (AvgIpc) is 3.44. The predicted molar refractivity (Wildman–Crippen MR) is 131 cm³/mol. The number of nitrogens with zero attached hydrogens (tertiary/aromatic N) is 5. The molecular formula is C26H19F2N7O2. The number of phenolic OH excluding ortho intramolecular Hbond substituents is 1. The van der Waals surface area contributed by atoms with Crippen LogP contribution in [0.1, 0.15) is 29.3 Å². The van der Waals surface area contributed by atoms with Crippen LogP contribution in [0.5, 0.6) is 5.75 Å². The summed E-state index contributed by atoms with van der Waals surface area (Å²) in [5, 5.41) is 12.3. The van der Waals surface area contributed by atoms with Gasteiger partial charge in [0.15, 0.2) is 23.0 Å². The molecule has 0 spiro atoms. The Morgan fingerprint density at radius 3 is 2.76 bits per heavy atom. The van der Waals surface area contributed by atoms with Gasteiger partial charge in [0, 0.05) is 25.0 Å². The molecule has 0 saturated carbocycles. The van der Waals surface area contributed by atoms with Gasteiger partial charge in [-0.2, -0.15) is 0 Å². The summed E-state index contributed by atoms with van der Waals surface area (Å²) in [5.74, 6) is -1.84. The van der Waals surface area contributed by atoms with Crippen LogP contribution >= 0.6 is 0 Å². The van der Waals surface area contributed by atoms with Crippen LogP contribution in [0.4, 0.5) is 20.4 Å². The monoisotopic (exact) mass is 499 g/mol. The van der Waals surface area contributed by atoms with Crippen molar-refractivity contribution in [2.45, 2.75) is 18.8 Å². The van der Waals surface area contributed by atoms with E-state index in [2.05, 4.69) is 20.3 Å². The molecule has 0 aliphatic carbocycles. The van der Waals surface area contributed by atoms with Crippen LogP contribution in [0, 0.1) is 11.6 Å². The van der Waals surface area contributed by atoms with Gasteiger partial charge >= 0.3 is 0 Å². The smallest absolute Gasteiger partial charge is 0.240 e. The van der Waals surface area contributed by atoms with Crippen molar-refractivity contribution in [2.75, 3.05) is 11.1 Å². The fraction of sp³-hybridized carbons (Fsp3) is 0.115. The number of fused-ring (bicyclic) bond motifs is 2.